The van der Waals surface area contributed by atoms with Gasteiger partial charge in [0, 0.05) is 17.7 Å². The Morgan fingerprint density at radius 1 is 1.45 bits per heavy atom. The van der Waals surface area contributed by atoms with Gasteiger partial charge in [0.2, 0.25) is 5.13 Å². The second-order valence-corrected chi connectivity index (χ2v) is 5.49. The van der Waals surface area contributed by atoms with Gasteiger partial charge in [-0.05, 0) is 25.5 Å². The van der Waals surface area contributed by atoms with Gasteiger partial charge in [0.25, 0.3) is 5.56 Å². The number of aromatic nitrogens is 3. The van der Waals surface area contributed by atoms with E-state index in [0.717, 1.165) is 15.9 Å². The summed E-state index contributed by atoms with van der Waals surface area (Å²) in [5.74, 6) is 0. The Hall–Kier alpha value is -2.39. The van der Waals surface area contributed by atoms with Gasteiger partial charge in [-0.1, -0.05) is 23.5 Å². The van der Waals surface area contributed by atoms with Gasteiger partial charge >= 0.3 is 0 Å². The Balaban J connectivity index is 2.10. The van der Waals surface area contributed by atoms with Crippen LogP contribution in [-0.2, 0) is 6.42 Å². The molecule has 0 atom stereocenters. The first kappa shape index (κ1) is 12.6. The quantitative estimate of drug-likeness (QED) is 0.803. The maximum absolute atomic E-state index is 12.4. The Kier molecular flexibility index (Phi) is 3.12. The van der Waals surface area contributed by atoms with Crippen molar-refractivity contribution >= 4 is 21.6 Å². The number of aryl methyl sites for hydroxylation is 1. The van der Waals surface area contributed by atoms with E-state index >= 15 is 0 Å². The van der Waals surface area contributed by atoms with Crippen molar-refractivity contribution in [3.05, 3.63) is 45.9 Å². The van der Waals surface area contributed by atoms with Gasteiger partial charge in [0.1, 0.15) is 0 Å². The van der Waals surface area contributed by atoms with Crippen LogP contribution < -0.4 is 5.56 Å². The highest BCUT2D eigenvalue weighted by molar-refractivity contribution is 7.20. The first-order valence-corrected chi connectivity index (χ1v) is 7.05. The first-order valence-electron chi connectivity index (χ1n) is 6.24. The summed E-state index contributed by atoms with van der Waals surface area (Å²) in [6.45, 7) is 1.85. The molecule has 0 aliphatic carbocycles. The van der Waals surface area contributed by atoms with Crippen LogP contribution in [0.2, 0.25) is 0 Å². The Labute approximate surface area is 119 Å². The molecule has 0 saturated carbocycles. The number of rotatable bonds is 3. The van der Waals surface area contributed by atoms with Crippen LogP contribution in [0.15, 0.2) is 29.1 Å². The fourth-order valence-corrected chi connectivity index (χ4v) is 3.07. The number of hydrogen-bond acceptors (Lipinski definition) is 4. The molecular weight excluding hydrogens is 272 g/mol. The number of nitrogens with zero attached hydrogens (tertiary/aromatic N) is 3. The van der Waals surface area contributed by atoms with E-state index in [-0.39, 0.29) is 5.56 Å². The summed E-state index contributed by atoms with van der Waals surface area (Å²) in [5.41, 5.74) is 2.22. The molecule has 100 valence electrons. The molecule has 0 radical (unpaired) electrons. The number of thiazole rings is 1. The number of H-pyrrole nitrogens is 1. The Morgan fingerprint density at radius 2 is 2.25 bits per heavy atom. The third-order valence-electron chi connectivity index (χ3n) is 3.15. The molecule has 2 heterocycles. The lowest BCUT2D eigenvalue weighted by atomic mass is 10.1. The molecule has 0 bridgehead atoms. The second-order valence-electron chi connectivity index (χ2n) is 4.48. The Morgan fingerprint density at radius 3 is 3.00 bits per heavy atom. The summed E-state index contributed by atoms with van der Waals surface area (Å²) in [6.07, 6.45) is 0.809. The van der Waals surface area contributed by atoms with Gasteiger partial charge in [0.05, 0.1) is 16.3 Å². The lowest BCUT2D eigenvalue weighted by molar-refractivity contribution is 0.828. The molecule has 0 spiro atoms. The van der Waals surface area contributed by atoms with Gasteiger partial charge in [-0.15, -0.1) is 0 Å². The number of nitriles is 1. The molecule has 1 N–H and O–H groups in total. The van der Waals surface area contributed by atoms with Crippen molar-refractivity contribution in [1.29, 1.82) is 5.26 Å². The zero-order valence-electron chi connectivity index (χ0n) is 10.9. The molecular formula is C14H12N4OS. The van der Waals surface area contributed by atoms with Crippen LogP contribution in [0.1, 0.15) is 17.7 Å². The smallest absolute Gasteiger partial charge is 0.276 e. The topological polar surface area (TPSA) is 74.5 Å². The fourth-order valence-electron chi connectivity index (χ4n) is 2.15. The Bertz CT molecular complexity index is 832. The van der Waals surface area contributed by atoms with Crippen molar-refractivity contribution < 1.29 is 0 Å². The summed E-state index contributed by atoms with van der Waals surface area (Å²) in [6, 6.07) is 9.84. The SMILES string of the molecule is Cc1[nH]n(-c2nc3ccccc3s2)c(=O)c1CCC#N. The number of nitrogens with one attached hydrogen (secondary N) is 1. The number of aromatic amines is 1. The van der Waals surface area contributed by atoms with E-state index in [1.54, 1.807) is 0 Å². The average Bonchev–Trinajstić information content (AvgIpc) is 2.98. The van der Waals surface area contributed by atoms with E-state index in [9.17, 15) is 4.79 Å². The minimum atomic E-state index is -0.114. The van der Waals surface area contributed by atoms with Crippen molar-refractivity contribution in [1.82, 2.24) is 14.8 Å². The van der Waals surface area contributed by atoms with Gasteiger partial charge in [-0.25, -0.2) is 4.98 Å². The summed E-state index contributed by atoms with van der Waals surface area (Å²) in [7, 11) is 0. The van der Waals surface area contributed by atoms with E-state index in [2.05, 4.69) is 16.2 Å². The van der Waals surface area contributed by atoms with Crippen molar-refractivity contribution in [3.63, 3.8) is 0 Å². The van der Waals surface area contributed by atoms with Crippen molar-refractivity contribution in [2.75, 3.05) is 0 Å². The van der Waals surface area contributed by atoms with Gasteiger partial charge < -0.3 is 0 Å². The van der Waals surface area contributed by atoms with Gasteiger partial charge in [-0.2, -0.15) is 9.94 Å². The molecule has 0 saturated heterocycles. The average molecular weight is 284 g/mol. The number of hydrogen-bond donors (Lipinski definition) is 1. The molecule has 3 aromatic rings. The standard InChI is InChI=1S/C14H12N4OS/c1-9-10(5-4-8-15)13(19)18(17-9)14-16-11-6-2-3-7-12(11)20-14/h2-3,6-7,17H,4-5H2,1H3. The van der Waals surface area contributed by atoms with Crippen molar-refractivity contribution in [3.8, 4) is 11.2 Å². The lowest BCUT2D eigenvalue weighted by Crippen LogP contribution is -2.17. The molecule has 20 heavy (non-hydrogen) atoms. The zero-order chi connectivity index (χ0) is 14.1. The maximum atomic E-state index is 12.4. The number of fused-ring (bicyclic) bond motifs is 1. The summed E-state index contributed by atoms with van der Waals surface area (Å²) in [5, 5.41) is 12.3. The molecule has 5 nitrogen and oxygen atoms in total. The van der Waals surface area contributed by atoms with Crippen molar-refractivity contribution in [2.45, 2.75) is 19.8 Å². The van der Waals surface area contributed by atoms with E-state index in [4.69, 9.17) is 5.26 Å². The summed E-state index contributed by atoms with van der Waals surface area (Å²) in [4.78, 5) is 16.8. The molecule has 6 heteroatoms. The molecule has 0 aliphatic rings. The fraction of sp³-hybridized carbons (Fsp3) is 0.214. The first-order chi connectivity index (χ1) is 9.70. The summed E-state index contributed by atoms with van der Waals surface area (Å²) < 4.78 is 2.51. The second kappa shape index (κ2) is 4.94. The van der Waals surface area contributed by atoms with Crippen LogP contribution in [0.3, 0.4) is 0 Å². The molecule has 2 aromatic heterocycles. The molecule has 1 aromatic carbocycles. The number of para-hydroxylation sites is 1. The third kappa shape index (κ3) is 2.02. The predicted octanol–water partition coefficient (Wildman–Crippen LogP) is 2.54. The highest BCUT2D eigenvalue weighted by atomic mass is 32.1. The minimum absolute atomic E-state index is 0.114. The minimum Gasteiger partial charge on any atom is -0.293 e. The third-order valence-corrected chi connectivity index (χ3v) is 4.18. The predicted molar refractivity (Wildman–Crippen MR) is 78.2 cm³/mol. The van der Waals surface area contributed by atoms with Crippen LogP contribution >= 0.6 is 11.3 Å². The largest absolute Gasteiger partial charge is 0.293 e. The van der Waals surface area contributed by atoms with E-state index in [1.807, 2.05) is 31.2 Å². The monoisotopic (exact) mass is 284 g/mol. The van der Waals surface area contributed by atoms with E-state index < -0.39 is 0 Å². The highest BCUT2D eigenvalue weighted by Crippen LogP contribution is 2.23. The molecule has 0 unspecified atom stereocenters. The summed E-state index contributed by atoms with van der Waals surface area (Å²) >= 11 is 1.47. The highest BCUT2D eigenvalue weighted by Gasteiger charge is 2.14. The van der Waals surface area contributed by atoms with Gasteiger partial charge in [-0.3, -0.25) is 9.89 Å². The number of benzene rings is 1. The molecule has 0 fully saturated rings. The molecule has 0 aliphatic heterocycles. The van der Waals surface area contributed by atoms with Crippen LogP contribution in [0, 0.1) is 18.3 Å². The van der Waals surface area contributed by atoms with Crippen molar-refractivity contribution in [2.24, 2.45) is 0 Å². The maximum Gasteiger partial charge on any atom is 0.276 e. The normalized spacial score (nSPS) is 10.8. The lowest BCUT2D eigenvalue weighted by Gasteiger charge is -1.92. The van der Waals surface area contributed by atoms with E-state index in [1.165, 1.54) is 16.0 Å². The van der Waals surface area contributed by atoms with E-state index in [0.29, 0.717) is 23.5 Å². The van der Waals surface area contributed by atoms with Crippen LogP contribution in [-0.4, -0.2) is 14.8 Å². The molecule has 3 rings (SSSR count). The zero-order valence-corrected chi connectivity index (χ0v) is 11.7. The van der Waals surface area contributed by atoms with Crippen LogP contribution in [0.5, 0.6) is 0 Å². The van der Waals surface area contributed by atoms with Crippen LogP contribution in [0.25, 0.3) is 15.3 Å². The van der Waals surface area contributed by atoms with Crippen LogP contribution in [0.4, 0.5) is 0 Å². The van der Waals surface area contributed by atoms with Gasteiger partial charge in [0.15, 0.2) is 0 Å². The molecule has 0 amide bonds.